The third kappa shape index (κ3) is 5.08. The van der Waals surface area contributed by atoms with Crippen LogP contribution in [-0.4, -0.2) is 40.0 Å². The highest BCUT2D eigenvalue weighted by Gasteiger charge is 2.23. The molecule has 1 amide bonds. The second kappa shape index (κ2) is 8.68. The van der Waals surface area contributed by atoms with Crippen LogP contribution < -0.4 is 10.9 Å². The molecule has 1 aromatic heterocycles. The van der Waals surface area contributed by atoms with E-state index in [9.17, 15) is 9.59 Å². The second-order valence-corrected chi connectivity index (χ2v) is 7.71. The molecule has 26 heavy (non-hydrogen) atoms. The molecule has 140 valence electrons. The molecule has 0 saturated heterocycles. The highest BCUT2D eigenvalue weighted by molar-refractivity contribution is 7.99. The number of nitrogens with one attached hydrogen (secondary N) is 1. The summed E-state index contributed by atoms with van der Waals surface area (Å²) in [6, 6.07) is 7.66. The van der Waals surface area contributed by atoms with Crippen molar-refractivity contribution in [3.8, 4) is 0 Å². The van der Waals surface area contributed by atoms with Gasteiger partial charge in [-0.05, 0) is 45.2 Å². The van der Waals surface area contributed by atoms with E-state index in [0.717, 1.165) is 19.3 Å². The lowest BCUT2D eigenvalue weighted by molar-refractivity contribution is -0.118. The molecular weight excluding hydrogens is 350 g/mol. The number of hydrogen-bond donors (Lipinski definition) is 1. The minimum absolute atomic E-state index is 0.00500. The largest absolute Gasteiger partial charge is 0.379 e. The first-order valence-electron chi connectivity index (χ1n) is 9.08. The van der Waals surface area contributed by atoms with Crippen molar-refractivity contribution in [3.63, 3.8) is 0 Å². The molecule has 0 unspecified atom stereocenters. The van der Waals surface area contributed by atoms with Crippen LogP contribution in [0.1, 0.15) is 33.1 Å². The third-order valence-electron chi connectivity index (χ3n) is 4.08. The lowest BCUT2D eigenvalue weighted by Gasteiger charge is -2.14. The Morgan fingerprint density at radius 1 is 1.38 bits per heavy atom. The quantitative estimate of drug-likeness (QED) is 0.414. The molecule has 0 radical (unpaired) electrons. The first-order valence-corrected chi connectivity index (χ1v) is 10.1. The molecule has 1 aromatic carbocycles. The third-order valence-corrected chi connectivity index (χ3v) is 5.06. The first kappa shape index (κ1) is 18.9. The molecule has 7 heteroatoms. The number of carbonyl (C=O) groups excluding carboxylic acids is 1. The van der Waals surface area contributed by atoms with Crippen molar-refractivity contribution >= 4 is 28.6 Å². The van der Waals surface area contributed by atoms with Crippen molar-refractivity contribution in [2.45, 2.75) is 57.0 Å². The molecule has 3 rings (SSSR count). The van der Waals surface area contributed by atoms with Gasteiger partial charge < -0.3 is 10.1 Å². The van der Waals surface area contributed by atoms with Gasteiger partial charge >= 0.3 is 0 Å². The summed E-state index contributed by atoms with van der Waals surface area (Å²) in [4.78, 5) is 29.5. The molecule has 1 heterocycles. The summed E-state index contributed by atoms with van der Waals surface area (Å²) in [6.45, 7) is 5.09. The normalized spacial score (nSPS) is 14.1. The van der Waals surface area contributed by atoms with Crippen molar-refractivity contribution in [2.24, 2.45) is 0 Å². The summed E-state index contributed by atoms with van der Waals surface area (Å²) < 4.78 is 7.24. The Morgan fingerprint density at radius 2 is 2.15 bits per heavy atom. The molecule has 0 bridgehead atoms. The zero-order chi connectivity index (χ0) is 18.5. The van der Waals surface area contributed by atoms with E-state index in [1.165, 1.54) is 11.8 Å². The lowest BCUT2D eigenvalue weighted by atomic mass is 10.2. The van der Waals surface area contributed by atoms with E-state index in [2.05, 4.69) is 10.3 Å². The molecule has 1 fully saturated rings. The predicted octanol–water partition coefficient (Wildman–Crippen LogP) is 2.58. The lowest BCUT2D eigenvalue weighted by Crippen LogP contribution is -2.28. The number of para-hydroxylation sites is 1. The van der Waals surface area contributed by atoms with Gasteiger partial charge in [-0.15, -0.1) is 0 Å². The Balaban J connectivity index is 1.77. The van der Waals surface area contributed by atoms with Gasteiger partial charge in [0.1, 0.15) is 0 Å². The topological polar surface area (TPSA) is 73.2 Å². The molecule has 0 spiro atoms. The number of hydrogen-bond acceptors (Lipinski definition) is 5. The molecule has 1 N–H and O–H groups in total. The van der Waals surface area contributed by atoms with Crippen molar-refractivity contribution in [1.29, 1.82) is 0 Å². The van der Waals surface area contributed by atoms with Gasteiger partial charge in [0, 0.05) is 19.2 Å². The van der Waals surface area contributed by atoms with E-state index in [1.54, 1.807) is 10.6 Å². The van der Waals surface area contributed by atoms with Crippen LogP contribution in [0.15, 0.2) is 34.2 Å². The molecule has 2 aromatic rings. The fourth-order valence-electron chi connectivity index (χ4n) is 2.62. The molecule has 1 aliphatic carbocycles. The number of carbonyl (C=O) groups is 1. The molecule has 0 atom stereocenters. The maximum absolute atomic E-state index is 12.9. The second-order valence-electron chi connectivity index (χ2n) is 6.77. The number of fused-ring (bicyclic) bond motifs is 1. The van der Waals surface area contributed by atoms with Gasteiger partial charge in [0.2, 0.25) is 5.91 Å². The average Bonchev–Trinajstić information content (AvgIpc) is 3.42. The van der Waals surface area contributed by atoms with Crippen LogP contribution in [0.2, 0.25) is 0 Å². The summed E-state index contributed by atoms with van der Waals surface area (Å²) in [7, 11) is 0. The van der Waals surface area contributed by atoms with Crippen molar-refractivity contribution in [1.82, 2.24) is 14.9 Å². The summed E-state index contributed by atoms with van der Waals surface area (Å²) in [5.74, 6) is 0.263. The molecule has 1 aliphatic rings. The Kier molecular flexibility index (Phi) is 6.32. The summed E-state index contributed by atoms with van der Waals surface area (Å²) in [6.07, 6.45) is 3.01. The molecule has 0 aliphatic heterocycles. The summed E-state index contributed by atoms with van der Waals surface area (Å²) in [5, 5.41) is 4.15. The van der Waals surface area contributed by atoms with Crippen LogP contribution in [0.4, 0.5) is 0 Å². The number of amides is 1. The number of rotatable bonds is 9. The maximum atomic E-state index is 12.9. The number of aromatic nitrogens is 2. The number of ether oxygens (including phenoxy) is 1. The molecular formula is C19H25N3O3S. The Hall–Kier alpha value is -1.86. The van der Waals surface area contributed by atoms with E-state index in [4.69, 9.17) is 4.74 Å². The highest BCUT2D eigenvalue weighted by Crippen LogP contribution is 2.21. The minimum atomic E-state index is -0.0646. The average molecular weight is 375 g/mol. The SMILES string of the molecule is CC(C)OCCCn1c(SCC(=O)NC2CC2)nc2ccccc2c1=O. The van der Waals surface area contributed by atoms with Gasteiger partial charge in [0.25, 0.3) is 5.56 Å². The van der Waals surface area contributed by atoms with Gasteiger partial charge in [-0.1, -0.05) is 23.9 Å². The van der Waals surface area contributed by atoms with E-state index in [-0.39, 0.29) is 23.3 Å². The zero-order valence-corrected chi connectivity index (χ0v) is 16.1. The van der Waals surface area contributed by atoms with Crippen LogP contribution in [0.5, 0.6) is 0 Å². The molecule has 6 nitrogen and oxygen atoms in total. The fraction of sp³-hybridized carbons (Fsp3) is 0.526. The number of nitrogens with zero attached hydrogens (tertiary/aromatic N) is 2. The minimum Gasteiger partial charge on any atom is -0.379 e. The first-order chi connectivity index (χ1) is 12.5. The van der Waals surface area contributed by atoms with Gasteiger partial charge in [0.15, 0.2) is 5.16 Å². The predicted molar refractivity (Wildman–Crippen MR) is 104 cm³/mol. The molecule has 1 saturated carbocycles. The zero-order valence-electron chi connectivity index (χ0n) is 15.2. The van der Waals surface area contributed by atoms with Crippen LogP contribution in [0.3, 0.4) is 0 Å². The monoisotopic (exact) mass is 375 g/mol. The number of thioether (sulfide) groups is 1. The number of benzene rings is 1. The van der Waals surface area contributed by atoms with Crippen LogP contribution in [0.25, 0.3) is 10.9 Å². The maximum Gasteiger partial charge on any atom is 0.262 e. The smallest absolute Gasteiger partial charge is 0.262 e. The van der Waals surface area contributed by atoms with Crippen molar-refractivity contribution < 1.29 is 9.53 Å². The van der Waals surface area contributed by atoms with Gasteiger partial charge in [-0.2, -0.15) is 0 Å². The van der Waals surface area contributed by atoms with Gasteiger partial charge in [0.05, 0.1) is 22.8 Å². The fourth-order valence-corrected chi connectivity index (χ4v) is 3.46. The van der Waals surface area contributed by atoms with Gasteiger partial charge in [-0.25, -0.2) is 4.98 Å². The Morgan fingerprint density at radius 3 is 2.88 bits per heavy atom. The van der Waals surface area contributed by atoms with Crippen LogP contribution in [0, 0.1) is 0 Å². The Bertz CT molecular complexity index is 830. The summed E-state index contributed by atoms with van der Waals surface area (Å²) in [5.41, 5.74) is 0.600. The van der Waals surface area contributed by atoms with Crippen LogP contribution in [-0.2, 0) is 16.1 Å². The van der Waals surface area contributed by atoms with Gasteiger partial charge in [-0.3, -0.25) is 14.2 Å². The van der Waals surface area contributed by atoms with E-state index in [1.807, 2.05) is 32.0 Å². The Labute approximate surface area is 157 Å². The van der Waals surface area contributed by atoms with E-state index < -0.39 is 0 Å². The summed E-state index contributed by atoms with van der Waals surface area (Å²) >= 11 is 1.32. The van der Waals surface area contributed by atoms with E-state index >= 15 is 0 Å². The van der Waals surface area contributed by atoms with Crippen LogP contribution >= 0.6 is 11.8 Å². The highest BCUT2D eigenvalue weighted by atomic mass is 32.2. The van der Waals surface area contributed by atoms with Crippen molar-refractivity contribution in [3.05, 3.63) is 34.6 Å². The van der Waals surface area contributed by atoms with Crippen molar-refractivity contribution in [2.75, 3.05) is 12.4 Å². The standard InChI is InChI=1S/C19H25N3O3S/c1-13(2)25-11-5-10-22-18(24)15-6-3-4-7-16(15)21-19(22)26-12-17(23)20-14-8-9-14/h3-4,6-7,13-14H,5,8-12H2,1-2H3,(H,20,23). The van der Waals surface area contributed by atoms with E-state index in [0.29, 0.717) is 35.3 Å².